The van der Waals surface area contributed by atoms with E-state index in [0.29, 0.717) is 12.5 Å². The molecule has 0 aromatic rings. The first-order valence-electron chi connectivity index (χ1n) is 7.46. The molecule has 110 valence electrons. The Bertz CT molecular complexity index is 431. The lowest BCUT2D eigenvalue weighted by molar-refractivity contribution is 0.229. The number of rotatable bonds is 4. The molecule has 0 spiro atoms. The predicted molar refractivity (Wildman–Crippen MR) is 75.0 cm³/mol. The Labute approximate surface area is 116 Å². The van der Waals surface area contributed by atoms with Crippen molar-refractivity contribution < 1.29 is 8.42 Å². The standard InChI is InChI=1S/C13H25N3O2S/c1-13(4-6-14-7-5-13)10-15-19(17,18)16-9-11-2-3-12(16)8-11/h11-12,14-15H,2-10H2,1H3. The van der Waals surface area contributed by atoms with Crippen LogP contribution in [-0.4, -0.2) is 44.9 Å². The van der Waals surface area contributed by atoms with Crippen LogP contribution in [-0.2, 0) is 10.2 Å². The Hall–Kier alpha value is -0.170. The van der Waals surface area contributed by atoms with E-state index in [0.717, 1.165) is 45.3 Å². The summed E-state index contributed by atoms with van der Waals surface area (Å²) in [6.07, 6.45) is 5.41. The molecule has 2 saturated heterocycles. The van der Waals surface area contributed by atoms with Gasteiger partial charge in [0.25, 0.3) is 10.2 Å². The minimum Gasteiger partial charge on any atom is -0.317 e. The Balaban J connectivity index is 1.59. The van der Waals surface area contributed by atoms with Crippen LogP contribution < -0.4 is 10.0 Å². The lowest BCUT2D eigenvalue weighted by Gasteiger charge is -2.35. The third-order valence-electron chi connectivity index (χ3n) is 5.16. The molecule has 3 aliphatic rings. The van der Waals surface area contributed by atoms with Gasteiger partial charge in [-0.3, -0.25) is 0 Å². The van der Waals surface area contributed by atoms with Gasteiger partial charge in [-0.2, -0.15) is 12.7 Å². The Morgan fingerprint density at radius 2 is 2.05 bits per heavy atom. The number of hydrogen-bond donors (Lipinski definition) is 2. The third kappa shape index (κ3) is 2.82. The molecule has 2 aliphatic heterocycles. The molecule has 0 aromatic heterocycles. The van der Waals surface area contributed by atoms with Crippen LogP contribution in [0.5, 0.6) is 0 Å². The molecule has 0 radical (unpaired) electrons. The smallest absolute Gasteiger partial charge is 0.279 e. The fourth-order valence-electron chi connectivity index (χ4n) is 3.73. The zero-order chi connectivity index (χ0) is 13.5. The maximum absolute atomic E-state index is 12.4. The minimum atomic E-state index is -3.27. The first-order valence-corrected chi connectivity index (χ1v) is 8.90. The van der Waals surface area contributed by atoms with Crippen LogP contribution in [0, 0.1) is 11.3 Å². The first-order chi connectivity index (χ1) is 8.99. The average Bonchev–Trinajstić information content (AvgIpc) is 3.00. The Kier molecular flexibility index (Phi) is 3.62. The quantitative estimate of drug-likeness (QED) is 0.800. The van der Waals surface area contributed by atoms with E-state index in [-0.39, 0.29) is 11.5 Å². The van der Waals surface area contributed by atoms with Gasteiger partial charge in [0.05, 0.1) is 0 Å². The number of nitrogens with one attached hydrogen (secondary N) is 2. The van der Waals surface area contributed by atoms with Gasteiger partial charge in [0.1, 0.15) is 0 Å². The Morgan fingerprint density at radius 3 is 2.63 bits per heavy atom. The first kappa shape index (κ1) is 13.8. The molecule has 0 aromatic carbocycles. The van der Waals surface area contributed by atoms with Gasteiger partial charge in [-0.15, -0.1) is 0 Å². The van der Waals surface area contributed by atoms with Crippen molar-refractivity contribution in [3.63, 3.8) is 0 Å². The van der Waals surface area contributed by atoms with E-state index in [1.807, 2.05) is 0 Å². The van der Waals surface area contributed by atoms with E-state index in [9.17, 15) is 8.42 Å². The average molecular weight is 287 g/mol. The molecule has 2 N–H and O–H groups in total. The van der Waals surface area contributed by atoms with Crippen LogP contribution in [0.15, 0.2) is 0 Å². The minimum absolute atomic E-state index is 0.108. The van der Waals surface area contributed by atoms with Gasteiger partial charge in [0, 0.05) is 19.1 Å². The monoisotopic (exact) mass is 287 g/mol. The molecule has 6 heteroatoms. The summed E-state index contributed by atoms with van der Waals surface area (Å²) < 4.78 is 29.4. The molecular weight excluding hydrogens is 262 g/mol. The predicted octanol–water partition coefficient (Wildman–Crippen LogP) is 0.695. The highest BCUT2D eigenvalue weighted by atomic mass is 32.2. The molecule has 3 rings (SSSR count). The van der Waals surface area contributed by atoms with Gasteiger partial charge >= 0.3 is 0 Å². The van der Waals surface area contributed by atoms with E-state index in [4.69, 9.17) is 0 Å². The lowest BCUT2D eigenvalue weighted by Crippen LogP contribution is -2.49. The molecule has 1 aliphatic carbocycles. The van der Waals surface area contributed by atoms with Crippen molar-refractivity contribution in [1.29, 1.82) is 0 Å². The normalized spacial score (nSPS) is 34.8. The lowest BCUT2D eigenvalue weighted by atomic mass is 9.81. The second-order valence-corrected chi connectivity index (χ2v) is 8.50. The van der Waals surface area contributed by atoms with E-state index >= 15 is 0 Å². The van der Waals surface area contributed by atoms with E-state index in [2.05, 4.69) is 17.0 Å². The molecule has 2 bridgehead atoms. The van der Waals surface area contributed by atoms with Gasteiger partial charge < -0.3 is 5.32 Å². The van der Waals surface area contributed by atoms with Crippen LogP contribution in [0.1, 0.15) is 39.0 Å². The molecule has 0 amide bonds. The SMILES string of the molecule is CC1(CNS(=O)(=O)N2CC3CCC2C3)CCNCC1. The molecular formula is C13H25N3O2S. The van der Waals surface area contributed by atoms with Crippen molar-refractivity contribution in [2.24, 2.45) is 11.3 Å². The van der Waals surface area contributed by atoms with Crippen molar-refractivity contribution in [3.05, 3.63) is 0 Å². The molecule has 2 heterocycles. The summed E-state index contributed by atoms with van der Waals surface area (Å²) in [6.45, 7) is 5.48. The molecule has 3 fully saturated rings. The van der Waals surface area contributed by atoms with Crippen LogP contribution in [0.25, 0.3) is 0 Å². The largest absolute Gasteiger partial charge is 0.317 e. The van der Waals surface area contributed by atoms with Gasteiger partial charge in [-0.05, 0) is 56.5 Å². The number of hydrogen-bond acceptors (Lipinski definition) is 3. The summed E-state index contributed by atoms with van der Waals surface area (Å²) in [4.78, 5) is 0. The fraction of sp³-hybridized carbons (Fsp3) is 1.00. The fourth-order valence-corrected chi connectivity index (χ4v) is 5.42. The summed E-state index contributed by atoms with van der Waals surface area (Å²) in [5.41, 5.74) is 0.108. The van der Waals surface area contributed by atoms with Crippen molar-refractivity contribution >= 4 is 10.2 Å². The van der Waals surface area contributed by atoms with Crippen LogP contribution in [0.3, 0.4) is 0 Å². The Morgan fingerprint density at radius 1 is 1.32 bits per heavy atom. The highest BCUT2D eigenvalue weighted by Crippen LogP contribution is 2.38. The highest BCUT2D eigenvalue weighted by Gasteiger charge is 2.44. The second kappa shape index (κ2) is 4.98. The van der Waals surface area contributed by atoms with E-state index in [1.165, 1.54) is 6.42 Å². The summed E-state index contributed by atoms with van der Waals surface area (Å²) in [6, 6.07) is 0.267. The topological polar surface area (TPSA) is 61.4 Å². The van der Waals surface area contributed by atoms with Gasteiger partial charge in [-0.25, -0.2) is 4.72 Å². The number of fused-ring (bicyclic) bond motifs is 2. The second-order valence-electron chi connectivity index (χ2n) is 6.79. The van der Waals surface area contributed by atoms with Crippen LogP contribution in [0.2, 0.25) is 0 Å². The zero-order valence-electron chi connectivity index (χ0n) is 11.7. The molecule has 2 atom stereocenters. The maximum Gasteiger partial charge on any atom is 0.279 e. The maximum atomic E-state index is 12.4. The van der Waals surface area contributed by atoms with Crippen LogP contribution in [0.4, 0.5) is 0 Å². The van der Waals surface area contributed by atoms with Crippen molar-refractivity contribution in [2.75, 3.05) is 26.2 Å². The van der Waals surface area contributed by atoms with Crippen LogP contribution >= 0.6 is 0 Å². The van der Waals surface area contributed by atoms with Gasteiger partial charge in [0.15, 0.2) is 0 Å². The van der Waals surface area contributed by atoms with Gasteiger partial charge in [-0.1, -0.05) is 6.92 Å². The summed E-state index contributed by atoms with van der Waals surface area (Å²) >= 11 is 0. The van der Waals surface area contributed by atoms with Gasteiger partial charge in [0.2, 0.25) is 0 Å². The molecule has 5 nitrogen and oxygen atoms in total. The summed E-state index contributed by atoms with van der Waals surface area (Å²) in [7, 11) is -3.27. The molecule has 1 saturated carbocycles. The van der Waals surface area contributed by atoms with Crippen molar-refractivity contribution in [2.45, 2.75) is 45.1 Å². The highest BCUT2D eigenvalue weighted by molar-refractivity contribution is 7.87. The number of nitrogens with zero attached hydrogens (tertiary/aromatic N) is 1. The summed E-state index contributed by atoms with van der Waals surface area (Å²) in [5.74, 6) is 0.607. The summed E-state index contributed by atoms with van der Waals surface area (Å²) in [5, 5.41) is 3.33. The number of piperidine rings is 2. The van der Waals surface area contributed by atoms with Crippen molar-refractivity contribution in [3.8, 4) is 0 Å². The third-order valence-corrected chi connectivity index (χ3v) is 6.73. The van der Waals surface area contributed by atoms with Crippen molar-refractivity contribution in [1.82, 2.24) is 14.3 Å². The molecule has 2 unspecified atom stereocenters. The van der Waals surface area contributed by atoms with E-state index < -0.39 is 10.2 Å². The van der Waals surface area contributed by atoms with E-state index in [1.54, 1.807) is 4.31 Å². The zero-order valence-corrected chi connectivity index (χ0v) is 12.5. The molecule has 19 heavy (non-hydrogen) atoms.